The molecule has 0 aliphatic heterocycles. The van der Waals surface area contributed by atoms with E-state index in [1.807, 2.05) is 31.2 Å². The normalized spacial score (nSPS) is 12.5. The standard InChI is InChI=1S/C30H34N6O/c1-6-7-8-11-18-35-20(2)32-27-25(29(35)37)26-28(34-24-13-10-9-12-23(24)33-26)36(27)31-19-21-14-16-22(17-15-21)30(3,4)5/h9-10,12-17,19H,6-8,11,18H2,1-5H3. The summed E-state index contributed by atoms with van der Waals surface area (Å²) < 4.78 is 3.44. The van der Waals surface area contributed by atoms with Crippen LogP contribution in [0.3, 0.4) is 0 Å². The van der Waals surface area contributed by atoms with Gasteiger partial charge in [0, 0.05) is 6.54 Å². The van der Waals surface area contributed by atoms with Gasteiger partial charge in [-0.25, -0.2) is 15.0 Å². The molecule has 0 fully saturated rings. The van der Waals surface area contributed by atoms with Gasteiger partial charge in [0.15, 0.2) is 11.3 Å². The summed E-state index contributed by atoms with van der Waals surface area (Å²) in [4.78, 5) is 28.3. The molecule has 5 aromatic rings. The molecule has 3 aromatic heterocycles. The van der Waals surface area contributed by atoms with E-state index in [9.17, 15) is 4.79 Å². The van der Waals surface area contributed by atoms with E-state index in [2.05, 4.69) is 52.0 Å². The van der Waals surface area contributed by atoms with Crippen LogP contribution in [0.4, 0.5) is 0 Å². The Bertz CT molecular complexity index is 1670. The maximum Gasteiger partial charge on any atom is 0.265 e. The number of aromatic nitrogens is 5. The topological polar surface area (TPSA) is 78.0 Å². The first-order valence-electron chi connectivity index (χ1n) is 13.1. The highest BCUT2D eigenvalue weighted by atomic mass is 16.1. The number of hydrogen-bond donors (Lipinski definition) is 0. The summed E-state index contributed by atoms with van der Waals surface area (Å²) in [5.41, 5.74) is 5.26. The number of unbranched alkanes of at least 4 members (excludes halogenated alkanes) is 3. The third-order valence-electron chi connectivity index (χ3n) is 6.87. The van der Waals surface area contributed by atoms with Crippen LogP contribution < -0.4 is 5.56 Å². The second-order valence-electron chi connectivity index (χ2n) is 10.7. The second kappa shape index (κ2) is 9.88. The molecule has 3 heterocycles. The number of rotatable bonds is 7. The number of aryl methyl sites for hydroxylation is 1. The fourth-order valence-corrected chi connectivity index (χ4v) is 4.68. The van der Waals surface area contributed by atoms with E-state index in [-0.39, 0.29) is 11.0 Å². The zero-order valence-corrected chi connectivity index (χ0v) is 22.3. The molecule has 0 spiro atoms. The van der Waals surface area contributed by atoms with E-state index in [1.165, 1.54) is 5.56 Å². The van der Waals surface area contributed by atoms with Crippen molar-refractivity contribution in [2.24, 2.45) is 5.10 Å². The molecular weight excluding hydrogens is 460 g/mol. The van der Waals surface area contributed by atoms with Crippen LogP contribution in [0, 0.1) is 6.92 Å². The van der Waals surface area contributed by atoms with E-state index in [1.54, 1.807) is 15.5 Å². The minimum Gasteiger partial charge on any atom is -0.296 e. The molecule has 5 rings (SSSR count). The van der Waals surface area contributed by atoms with Crippen LogP contribution in [0.25, 0.3) is 33.2 Å². The van der Waals surface area contributed by atoms with Crippen molar-refractivity contribution in [3.8, 4) is 0 Å². The molecule has 0 bridgehead atoms. The van der Waals surface area contributed by atoms with Crippen molar-refractivity contribution in [2.75, 3.05) is 0 Å². The third-order valence-corrected chi connectivity index (χ3v) is 6.87. The molecule has 190 valence electrons. The van der Waals surface area contributed by atoms with Crippen LogP contribution in [0.15, 0.2) is 58.4 Å². The van der Waals surface area contributed by atoms with Crippen molar-refractivity contribution in [3.05, 3.63) is 75.8 Å². The molecule has 0 saturated carbocycles. The molecule has 2 aromatic carbocycles. The lowest BCUT2D eigenvalue weighted by Gasteiger charge is -2.18. The predicted octanol–water partition coefficient (Wildman–Crippen LogP) is 6.36. The van der Waals surface area contributed by atoms with Gasteiger partial charge in [0.25, 0.3) is 5.56 Å². The van der Waals surface area contributed by atoms with Gasteiger partial charge in [-0.2, -0.15) is 9.78 Å². The molecule has 0 N–H and O–H groups in total. The Morgan fingerprint density at radius 2 is 1.59 bits per heavy atom. The Morgan fingerprint density at radius 3 is 2.27 bits per heavy atom. The Morgan fingerprint density at radius 1 is 0.892 bits per heavy atom. The Hall–Kier alpha value is -3.87. The van der Waals surface area contributed by atoms with Crippen molar-refractivity contribution < 1.29 is 0 Å². The molecule has 0 radical (unpaired) electrons. The first kappa shape index (κ1) is 24.8. The summed E-state index contributed by atoms with van der Waals surface area (Å²) in [6.45, 7) is 11.3. The molecule has 7 heteroatoms. The van der Waals surface area contributed by atoms with E-state index in [4.69, 9.17) is 20.1 Å². The molecule has 0 unspecified atom stereocenters. The van der Waals surface area contributed by atoms with Gasteiger partial charge in [0.1, 0.15) is 16.7 Å². The molecular formula is C30H34N6O. The zero-order valence-electron chi connectivity index (χ0n) is 22.3. The quantitative estimate of drug-likeness (QED) is 0.195. The number of nitrogens with zero attached hydrogens (tertiary/aromatic N) is 6. The number of fused-ring (bicyclic) bond motifs is 4. The number of para-hydroxylation sites is 2. The first-order valence-corrected chi connectivity index (χ1v) is 13.1. The monoisotopic (exact) mass is 494 g/mol. The maximum atomic E-state index is 13.8. The van der Waals surface area contributed by atoms with E-state index in [0.717, 1.165) is 42.3 Å². The summed E-state index contributed by atoms with van der Waals surface area (Å²) in [6.07, 6.45) is 6.13. The van der Waals surface area contributed by atoms with Crippen LogP contribution in [0.2, 0.25) is 0 Å². The summed E-state index contributed by atoms with van der Waals surface area (Å²) >= 11 is 0. The molecule has 0 aliphatic rings. The van der Waals surface area contributed by atoms with Gasteiger partial charge in [-0.3, -0.25) is 9.36 Å². The van der Waals surface area contributed by atoms with E-state index < -0.39 is 0 Å². The van der Waals surface area contributed by atoms with Gasteiger partial charge < -0.3 is 0 Å². The fourth-order valence-electron chi connectivity index (χ4n) is 4.68. The minimum atomic E-state index is -0.0861. The molecule has 0 saturated heterocycles. The van der Waals surface area contributed by atoms with Crippen molar-refractivity contribution in [1.82, 2.24) is 24.2 Å². The number of benzene rings is 2. The van der Waals surface area contributed by atoms with Gasteiger partial charge in [-0.1, -0.05) is 83.4 Å². The Kier molecular flexibility index (Phi) is 6.63. The maximum absolute atomic E-state index is 13.8. The molecule has 0 atom stereocenters. The van der Waals surface area contributed by atoms with Gasteiger partial charge in [0.2, 0.25) is 0 Å². The molecule has 0 aliphatic carbocycles. The summed E-state index contributed by atoms with van der Waals surface area (Å²) in [5, 5.41) is 5.24. The highest BCUT2D eigenvalue weighted by Gasteiger charge is 2.21. The molecule has 7 nitrogen and oxygen atoms in total. The van der Waals surface area contributed by atoms with Crippen LogP contribution in [0.1, 0.15) is 70.3 Å². The largest absolute Gasteiger partial charge is 0.296 e. The molecule has 37 heavy (non-hydrogen) atoms. The summed E-state index contributed by atoms with van der Waals surface area (Å²) in [5.74, 6) is 0.673. The van der Waals surface area contributed by atoms with Crippen LogP contribution >= 0.6 is 0 Å². The second-order valence-corrected chi connectivity index (χ2v) is 10.7. The lowest BCUT2D eigenvalue weighted by Crippen LogP contribution is -2.24. The minimum absolute atomic E-state index is 0.0804. The van der Waals surface area contributed by atoms with Crippen LogP contribution in [0.5, 0.6) is 0 Å². The lowest BCUT2D eigenvalue weighted by atomic mass is 9.87. The SMILES string of the molecule is CCCCCCn1c(C)nc2c(c1=O)c1nc3ccccc3nc1n2N=Cc1ccc(C(C)(C)C)cc1. The van der Waals surface area contributed by atoms with Gasteiger partial charge >= 0.3 is 0 Å². The summed E-state index contributed by atoms with van der Waals surface area (Å²) in [6, 6.07) is 16.1. The predicted molar refractivity (Wildman–Crippen MR) is 152 cm³/mol. The van der Waals surface area contributed by atoms with E-state index >= 15 is 0 Å². The first-order chi connectivity index (χ1) is 17.8. The van der Waals surface area contributed by atoms with Crippen LogP contribution in [-0.2, 0) is 12.0 Å². The van der Waals surface area contributed by atoms with Crippen LogP contribution in [-0.4, -0.2) is 30.4 Å². The van der Waals surface area contributed by atoms with E-state index in [0.29, 0.717) is 34.6 Å². The summed E-state index contributed by atoms with van der Waals surface area (Å²) in [7, 11) is 0. The number of hydrogen-bond acceptors (Lipinski definition) is 5. The van der Waals surface area contributed by atoms with Gasteiger partial charge in [-0.05, 0) is 42.0 Å². The highest BCUT2D eigenvalue weighted by Crippen LogP contribution is 2.26. The van der Waals surface area contributed by atoms with Crippen molar-refractivity contribution in [1.29, 1.82) is 0 Å². The van der Waals surface area contributed by atoms with Crippen molar-refractivity contribution in [2.45, 2.75) is 72.3 Å². The Labute approximate surface area is 216 Å². The fraction of sp³-hybridized carbons (Fsp3) is 0.367. The smallest absolute Gasteiger partial charge is 0.265 e. The molecule has 0 amide bonds. The Balaban J connectivity index is 1.68. The van der Waals surface area contributed by atoms with Gasteiger partial charge in [-0.15, -0.1) is 0 Å². The van der Waals surface area contributed by atoms with Gasteiger partial charge in [0.05, 0.1) is 17.2 Å². The average Bonchev–Trinajstić information content (AvgIpc) is 3.17. The zero-order chi connectivity index (χ0) is 26.2. The van der Waals surface area contributed by atoms with Crippen molar-refractivity contribution >= 4 is 39.4 Å². The average molecular weight is 495 g/mol. The third kappa shape index (κ3) is 4.78. The van der Waals surface area contributed by atoms with Crippen molar-refractivity contribution in [3.63, 3.8) is 0 Å². The lowest BCUT2D eigenvalue weighted by molar-refractivity contribution is 0.556. The highest BCUT2D eigenvalue weighted by molar-refractivity contribution is 6.05.